The number of rotatable bonds is 6. The van der Waals surface area contributed by atoms with Crippen LogP contribution in [0.2, 0.25) is 0 Å². The van der Waals surface area contributed by atoms with Gasteiger partial charge in [-0.2, -0.15) is 0 Å². The molecule has 0 aromatic carbocycles. The summed E-state index contributed by atoms with van der Waals surface area (Å²) in [7, 11) is -4.06. The number of carboxylic acids is 1. The van der Waals surface area contributed by atoms with E-state index in [0.29, 0.717) is 5.56 Å². The number of aliphatic hydroxyl groups excluding tert-OH is 1. The first-order chi connectivity index (χ1) is 8.60. The fourth-order valence-corrected chi connectivity index (χ4v) is 4.08. The lowest BCUT2D eigenvalue weighted by Crippen LogP contribution is -2.43. The number of nitrogens with one attached hydrogen (secondary N) is 1. The van der Waals surface area contributed by atoms with Crippen LogP contribution >= 0.6 is 11.3 Å². The normalized spacial score (nSPS) is 15.2. The van der Waals surface area contributed by atoms with Crippen molar-refractivity contribution < 1.29 is 28.5 Å². The van der Waals surface area contributed by atoms with Gasteiger partial charge in [0, 0.05) is 6.54 Å². The number of aryl methyl sites for hydroxylation is 1. The highest BCUT2D eigenvalue weighted by Crippen LogP contribution is 2.26. The topological polar surface area (TPSA) is 124 Å². The number of aliphatic hydroxyl groups is 2. The van der Waals surface area contributed by atoms with Crippen LogP contribution in [0.5, 0.6) is 0 Å². The molecule has 9 heteroatoms. The number of sulfonamides is 1. The molecule has 1 atom stereocenters. The molecule has 0 spiro atoms. The molecule has 4 N–H and O–H groups in total. The molecule has 0 aliphatic heterocycles. The summed E-state index contributed by atoms with van der Waals surface area (Å²) < 4.78 is 26.2. The molecule has 1 aromatic heterocycles. The lowest BCUT2D eigenvalue weighted by Gasteiger charge is -2.20. The van der Waals surface area contributed by atoms with Crippen molar-refractivity contribution >= 4 is 27.3 Å². The Morgan fingerprint density at radius 1 is 1.53 bits per heavy atom. The summed E-state index contributed by atoms with van der Waals surface area (Å²) in [5, 5.41) is 28.8. The zero-order chi connectivity index (χ0) is 14.8. The molecule has 1 heterocycles. The van der Waals surface area contributed by atoms with Gasteiger partial charge in [0.25, 0.3) is 0 Å². The van der Waals surface area contributed by atoms with E-state index in [1.54, 1.807) is 0 Å². The molecule has 7 nitrogen and oxygen atoms in total. The van der Waals surface area contributed by atoms with Gasteiger partial charge in [-0.25, -0.2) is 17.9 Å². The van der Waals surface area contributed by atoms with Crippen molar-refractivity contribution in [1.82, 2.24) is 4.72 Å². The SMILES string of the molecule is Cc1csc(C(=O)O)c1S(=O)(=O)NCC(C)(O)CO. The first-order valence-corrected chi connectivity index (χ1v) is 7.61. The minimum atomic E-state index is -4.06. The van der Waals surface area contributed by atoms with Crippen LogP contribution in [0.25, 0.3) is 0 Å². The highest BCUT2D eigenvalue weighted by Gasteiger charge is 2.29. The summed E-state index contributed by atoms with van der Waals surface area (Å²) in [4.78, 5) is 10.4. The van der Waals surface area contributed by atoms with Gasteiger partial charge in [0.05, 0.1) is 12.2 Å². The van der Waals surface area contributed by atoms with Gasteiger partial charge in [-0.15, -0.1) is 11.3 Å². The average molecular weight is 309 g/mol. The van der Waals surface area contributed by atoms with Crippen LogP contribution in [0.4, 0.5) is 0 Å². The fraction of sp³-hybridized carbons (Fsp3) is 0.500. The van der Waals surface area contributed by atoms with Crippen LogP contribution in [-0.2, 0) is 10.0 Å². The van der Waals surface area contributed by atoms with Crippen LogP contribution in [0.1, 0.15) is 22.2 Å². The highest BCUT2D eigenvalue weighted by atomic mass is 32.2. The van der Waals surface area contributed by atoms with Gasteiger partial charge in [-0.1, -0.05) is 0 Å². The minimum Gasteiger partial charge on any atom is -0.477 e. The summed E-state index contributed by atoms with van der Waals surface area (Å²) in [5.41, 5.74) is -1.29. The quantitative estimate of drug-likeness (QED) is 0.576. The molecule has 0 amide bonds. The molecule has 1 rings (SSSR count). The van der Waals surface area contributed by atoms with Gasteiger partial charge in [0.15, 0.2) is 0 Å². The third-order valence-electron chi connectivity index (χ3n) is 2.36. The second-order valence-corrected chi connectivity index (χ2v) is 6.95. The van der Waals surface area contributed by atoms with Crippen molar-refractivity contribution in [2.45, 2.75) is 24.3 Å². The molecule has 1 aromatic rings. The van der Waals surface area contributed by atoms with Crippen molar-refractivity contribution in [3.05, 3.63) is 15.8 Å². The predicted octanol–water partition coefficient (Wildman–Crippen LogP) is -0.224. The Labute approximate surface area is 114 Å². The molecular weight excluding hydrogens is 294 g/mol. The van der Waals surface area contributed by atoms with Gasteiger partial charge in [0.1, 0.15) is 9.77 Å². The fourth-order valence-electron chi connectivity index (χ4n) is 1.29. The van der Waals surface area contributed by atoms with Crippen LogP contribution < -0.4 is 4.72 Å². The van der Waals surface area contributed by atoms with Gasteiger partial charge < -0.3 is 15.3 Å². The van der Waals surface area contributed by atoms with E-state index in [1.807, 2.05) is 0 Å². The molecule has 0 radical (unpaired) electrons. The van der Waals surface area contributed by atoms with Crippen molar-refractivity contribution in [2.24, 2.45) is 0 Å². The molecule has 108 valence electrons. The van der Waals surface area contributed by atoms with E-state index in [9.17, 15) is 18.3 Å². The standard InChI is InChI=1S/C10H15NO6S2/c1-6-3-18-7(9(13)14)8(6)19(16,17)11-4-10(2,15)5-12/h3,11-12,15H,4-5H2,1-2H3,(H,13,14). The molecule has 0 fully saturated rings. The van der Waals surface area contributed by atoms with E-state index in [1.165, 1.54) is 19.2 Å². The lowest BCUT2D eigenvalue weighted by molar-refractivity contribution is 0.00681. The van der Waals surface area contributed by atoms with E-state index >= 15 is 0 Å². The van der Waals surface area contributed by atoms with Crippen molar-refractivity contribution in [3.8, 4) is 0 Å². The number of carboxylic acid groups (broad SMARTS) is 1. The Morgan fingerprint density at radius 3 is 2.58 bits per heavy atom. The van der Waals surface area contributed by atoms with Gasteiger partial charge in [0.2, 0.25) is 10.0 Å². The van der Waals surface area contributed by atoms with Crippen LogP contribution in [0.3, 0.4) is 0 Å². The Kier molecular flexibility index (Phi) is 4.69. The average Bonchev–Trinajstić information content (AvgIpc) is 2.70. The summed E-state index contributed by atoms with van der Waals surface area (Å²) >= 11 is 0.820. The summed E-state index contributed by atoms with van der Waals surface area (Å²) in [6, 6.07) is 0. The Balaban J connectivity index is 3.08. The van der Waals surface area contributed by atoms with E-state index in [4.69, 9.17) is 10.2 Å². The molecule has 0 saturated heterocycles. The van der Waals surface area contributed by atoms with E-state index in [-0.39, 0.29) is 9.77 Å². The van der Waals surface area contributed by atoms with Crippen LogP contribution in [-0.4, -0.2) is 48.5 Å². The molecular formula is C10H15NO6S2. The second kappa shape index (κ2) is 5.55. The largest absolute Gasteiger partial charge is 0.477 e. The maximum absolute atomic E-state index is 12.0. The van der Waals surface area contributed by atoms with Crippen molar-refractivity contribution in [1.29, 1.82) is 0 Å². The number of carbonyl (C=O) groups is 1. The summed E-state index contributed by atoms with van der Waals surface area (Å²) in [6.07, 6.45) is 0. The Morgan fingerprint density at radius 2 is 2.11 bits per heavy atom. The smallest absolute Gasteiger partial charge is 0.347 e. The number of thiophene rings is 1. The minimum absolute atomic E-state index is 0.284. The van der Waals surface area contributed by atoms with E-state index < -0.39 is 34.7 Å². The summed E-state index contributed by atoms with van der Waals surface area (Å²) in [6.45, 7) is 1.71. The van der Waals surface area contributed by atoms with Crippen molar-refractivity contribution in [3.63, 3.8) is 0 Å². The second-order valence-electron chi connectivity index (χ2n) is 4.36. The van der Waals surface area contributed by atoms with E-state index in [2.05, 4.69) is 4.72 Å². The maximum atomic E-state index is 12.0. The van der Waals surface area contributed by atoms with Crippen molar-refractivity contribution in [2.75, 3.05) is 13.2 Å². The number of hydrogen-bond acceptors (Lipinski definition) is 6. The molecule has 0 bridgehead atoms. The van der Waals surface area contributed by atoms with Gasteiger partial charge in [-0.05, 0) is 24.8 Å². The highest BCUT2D eigenvalue weighted by molar-refractivity contribution is 7.89. The molecule has 0 saturated carbocycles. The molecule has 19 heavy (non-hydrogen) atoms. The third-order valence-corrected chi connectivity index (χ3v) is 5.17. The zero-order valence-corrected chi connectivity index (χ0v) is 12.0. The summed E-state index contributed by atoms with van der Waals surface area (Å²) in [5.74, 6) is -1.33. The number of aromatic carboxylic acids is 1. The van der Waals surface area contributed by atoms with Gasteiger partial charge in [-0.3, -0.25) is 0 Å². The molecule has 0 aliphatic rings. The molecule has 1 unspecified atom stereocenters. The van der Waals surface area contributed by atoms with E-state index in [0.717, 1.165) is 11.3 Å². The first-order valence-electron chi connectivity index (χ1n) is 5.25. The first kappa shape index (κ1) is 16.1. The zero-order valence-electron chi connectivity index (χ0n) is 10.4. The van der Waals surface area contributed by atoms with Crippen LogP contribution in [0, 0.1) is 6.92 Å². The van der Waals surface area contributed by atoms with Gasteiger partial charge >= 0.3 is 5.97 Å². The third kappa shape index (κ3) is 3.74. The number of hydrogen-bond donors (Lipinski definition) is 4. The molecule has 0 aliphatic carbocycles. The Bertz CT molecular complexity index is 575. The monoisotopic (exact) mass is 309 g/mol. The Hall–Kier alpha value is -1.00. The maximum Gasteiger partial charge on any atom is 0.347 e. The van der Waals surface area contributed by atoms with Crippen LogP contribution in [0.15, 0.2) is 10.3 Å². The lowest BCUT2D eigenvalue weighted by atomic mass is 10.1. The predicted molar refractivity (Wildman–Crippen MR) is 68.9 cm³/mol.